The predicted molar refractivity (Wildman–Crippen MR) is 44.9 cm³/mol. The molecule has 0 fully saturated rings. The molecule has 0 saturated carbocycles. The average Bonchev–Trinajstić information content (AvgIpc) is 1.98. The Morgan fingerprint density at radius 3 is 1.08 bits per heavy atom. The van der Waals surface area contributed by atoms with Crippen LogP contribution in [0.5, 0.6) is 0 Å². The summed E-state index contributed by atoms with van der Waals surface area (Å²) in [6.45, 7) is 8.89. The third kappa shape index (κ3) is 3.86. The predicted octanol–water partition coefficient (Wildman–Crippen LogP) is -3.04. The topological polar surface area (TPSA) is 0 Å². The second-order valence-electron chi connectivity index (χ2n) is 2.62. The van der Waals surface area contributed by atoms with E-state index in [1.165, 1.54) is 11.1 Å². The van der Waals surface area contributed by atoms with Gasteiger partial charge in [0.25, 0.3) is 0 Å². The number of halogens is 2. The zero-order chi connectivity index (χ0) is 7.02. The molecule has 1 aromatic heterocycles. The Morgan fingerprint density at radius 2 is 1.00 bits per heavy atom. The maximum atomic E-state index is 2.23. The van der Waals surface area contributed by atoms with E-state index >= 15 is 0 Å². The maximum Gasteiger partial charge on any atom is 2.00 e. The van der Waals surface area contributed by atoms with Gasteiger partial charge in [0.2, 0.25) is 0 Å². The second-order valence-corrected chi connectivity index (χ2v) is 4.38. The van der Waals surface area contributed by atoms with Crippen molar-refractivity contribution in [3.8, 4) is 0 Å². The zero-order valence-corrected chi connectivity index (χ0v) is 11.8. The van der Waals surface area contributed by atoms with Crippen molar-refractivity contribution in [2.75, 3.05) is 0 Å². The Bertz CT molecular complexity index is 211. The third-order valence-corrected chi connectivity index (χ3v) is 3.56. The van der Waals surface area contributed by atoms with Gasteiger partial charge >= 0.3 is 21.7 Å². The summed E-state index contributed by atoms with van der Waals surface area (Å²) in [6.07, 6.45) is 0. The normalized spacial score (nSPS) is 7.67. The quantitative estimate of drug-likeness (QED) is 0.434. The molecule has 0 atom stereocenters. The molecular weight excluding hydrogens is 246 g/mol. The fourth-order valence-electron chi connectivity index (χ4n) is 1.03. The Morgan fingerprint density at radius 1 is 0.750 bits per heavy atom. The summed E-state index contributed by atoms with van der Waals surface area (Å²) in [6, 6.07) is 0. The molecule has 1 rings (SSSR count). The van der Waals surface area contributed by atoms with E-state index in [1.807, 2.05) is 0 Å². The number of hydrogen-bond donors (Lipinski definition) is 0. The van der Waals surface area contributed by atoms with Gasteiger partial charge < -0.3 is 24.8 Å². The first-order valence-electron chi connectivity index (χ1n) is 3.25. The van der Waals surface area contributed by atoms with E-state index in [1.54, 1.807) is 10.6 Å². The molecule has 12 heavy (non-hydrogen) atoms. The largest absolute Gasteiger partial charge is 2.00 e. The molecule has 0 amide bonds. The van der Waals surface area contributed by atoms with Crippen LogP contribution in [0.2, 0.25) is 0 Å². The monoisotopic (exact) mass is 258 g/mol. The van der Waals surface area contributed by atoms with Gasteiger partial charge in [0.05, 0.1) is 0 Å². The standard InChI is InChI=1S/C8H13P.2ClH.Ti/c1-5-6(2)8(4)9-7(5)3;;;/h9H,1-4H3;2*1H;/q;;;+2/p-2. The van der Waals surface area contributed by atoms with Crippen molar-refractivity contribution in [1.29, 1.82) is 0 Å². The van der Waals surface area contributed by atoms with Gasteiger partial charge in [-0.1, -0.05) is 0 Å². The van der Waals surface area contributed by atoms with Crippen molar-refractivity contribution in [3.63, 3.8) is 0 Å². The van der Waals surface area contributed by atoms with Crippen LogP contribution in [0.3, 0.4) is 0 Å². The van der Waals surface area contributed by atoms with Gasteiger partial charge in [0.15, 0.2) is 0 Å². The van der Waals surface area contributed by atoms with E-state index in [-0.39, 0.29) is 46.5 Å². The Kier molecular flexibility index (Phi) is 11.7. The summed E-state index contributed by atoms with van der Waals surface area (Å²) in [5, 5.41) is 3.15. The van der Waals surface area contributed by atoms with E-state index in [0.29, 0.717) is 0 Å². The molecule has 0 aliphatic carbocycles. The van der Waals surface area contributed by atoms with Gasteiger partial charge in [-0.3, -0.25) is 0 Å². The molecule has 0 N–H and O–H groups in total. The van der Waals surface area contributed by atoms with Gasteiger partial charge in [0.1, 0.15) is 0 Å². The summed E-state index contributed by atoms with van der Waals surface area (Å²) >= 11 is 0. The van der Waals surface area contributed by atoms with E-state index in [0.717, 1.165) is 8.19 Å². The summed E-state index contributed by atoms with van der Waals surface area (Å²) in [4.78, 5) is 0. The minimum atomic E-state index is 0. The summed E-state index contributed by atoms with van der Waals surface area (Å²) < 4.78 is 0. The van der Waals surface area contributed by atoms with Gasteiger partial charge in [-0.2, -0.15) is 0 Å². The SMILES string of the molecule is Cc1[pH]c(C)c(C)c1C.[Cl-].[Cl-].[Ti+2]. The van der Waals surface area contributed by atoms with Crippen LogP contribution in [0.25, 0.3) is 0 Å². The van der Waals surface area contributed by atoms with Crippen LogP contribution in [-0.2, 0) is 21.7 Å². The van der Waals surface area contributed by atoms with Crippen LogP contribution < -0.4 is 24.8 Å². The van der Waals surface area contributed by atoms with Crippen LogP contribution in [-0.4, -0.2) is 0 Å². The van der Waals surface area contributed by atoms with Crippen molar-refractivity contribution < 1.29 is 46.5 Å². The molecule has 0 spiro atoms. The van der Waals surface area contributed by atoms with Crippen molar-refractivity contribution in [1.82, 2.24) is 0 Å². The van der Waals surface area contributed by atoms with Crippen LogP contribution in [0.4, 0.5) is 0 Å². The molecule has 0 aromatic carbocycles. The molecule has 1 aromatic rings. The van der Waals surface area contributed by atoms with Crippen molar-refractivity contribution >= 4 is 8.19 Å². The van der Waals surface area contributed by atoms with Gasteiger partial charge in [-0.25, -0.2) is 0 Å². The molecule has 0 radical (unpaired) electrons. The van der Waals surface area contributed by atoms with Crippen LogP contribution in [0.1, 0.15) is 21.7 Å². The molecule has 0 aliphatic rings. The zero-order valence-electron chi connectivity index (χ0n) is 7.76. The molecule has 0 unspecified atom stereocenters. The van der Waals surface area contributed by atoms with Crippen LogP contribution in [0, 0.1) is 27.7 Å². The summed E-state index contributed by atoms with van der Waals surface area (Å²) in [7, 11) is 0.976. The fourth-order valence-corrected chi connectivity index (χ4v) is 2.34. The Hall–Kier alpha value is 1.07. The summed E-state index contributed by atoms with van der Waals surface area (Å²) in [5.41, 5.74) is 3.04. The molecule has 0 saturated heterocycles. The van der Waals surface area contributed by atoms with Crippen molar-refractivity contribution in [2.45, 2.75) is 27.7 Å². The first-order chi connectivity index (χ1) is 4.13. The third-order valence-electron chi connectivity index (χ3n) is 2.06. The van der Waals surface area contributed by atoms with Gasteiger partial charge in [0, 0.05) is 0 Å². The molecule has 0 nitrogen and oxygen atoms in total. The minimum absolute atomic E-state index is 0. The molecule has 4 heteroatoms. The first-order valence-corrected chi connectivity index (χ1v) is 4.25. The second kappa shape index (κ2) is 7.48. The number of rotatable bonds is 0. The first kappa shape index (κ1) is 18.8. The van der Waals surface area contributed by atoms with Crippen LogP contribution >= 0.6 is 8.19 Å². The molecule has 68 valence electrons. The maximum absolute atomic E-state index is 2.23. The smallest absolute Gasteiger partial charge is 1.00 e. The minimum Gasteiger partial charge on any atom is -1.00 e. The molecular formula is C8H13Cl2PTi. The summed E-state index contributed by atoms with van der Waals surface area (Å²) in [5.74, 6) is 0. The Balaban J connectivity index is -0.000000270. The average molecular weight is 259 g/mol. The van der Waals surface area contributed by atoms with E-state index in [4.69, 9.17) is 0 Å². The fraction of sp³-hybridized carbons (Fsp3) is 0.500. The van der Waals surface area contributed by atoms with Crippen LogP contribution in [0.15, 0.2) is 0 Å². The van der Waals surface area contributed by atoms with E-state index < -0.39 is 0 Å². The van der Waals surface area contributed by atoms with Crippen molar-refractivity contribution in [2.24, 2.45) is 0 Å². The van der Waals surface area contributed by atoms with Gasteiger partial charge in [-0.05, 0) is 49.4 Å². The molecule has 1 heterocycles. The van der Waals surface area contributed by atoms with E-state index in [2.05, 4.69) is 27.7 Å². The molecule has 0 aliphatic heterocycles. The number of aryl methyl sites for hydroxylation is 2. The Labute approximate surface area is 104 Å². The van der Waals surface area contributed by atoms with Crippen molar-refractivity contribution in [3.05, 3.63) is 21.7 Å². The number of hydrogen-bond acceptors (Lipinski definition) is 0. The van der Waals surface area contributed by atoms with Gasteiger partial charge in [-0.15, -0.1) is 8.19 Å². The van der Waals surface area contributed by atoms with E-state index in [9.17, 15) is 0 Å². The molecule has 0 bridgehead atoms.